The maximum absolute atomic E-state index is 12.4. The minimum Gasteiger partial charge on any atom is -0.478 e. The lowest BCUT2D eigenvalue weighted by Crippen LogP contribution is -2.19. The first-order valence-electron chi connectivity index (χ1n) is 9.21. The number of fused-ring (bicyclic) bond motifs is 1. The van der Waals surface area contributed by atoms with E-state index in [0.29, 0.717) is 33.5 Å². The van der Waals surface area contributed by atoms with Crippen molar-refractivity contribution in [3.05, 3.63) is 90.3 Å². The summed E-state index contributed by atoms with van der Waals surface area (Å²) in [4.78, 5) is 31.6. The molecule has 0 saturated heterocycles. The Morgan fingerprint density at radius 2 is 1.63 bits per heavy atom. The molecule has 2 aromatic heterocycles. The Bertz CT molecular complexity index is 1230. The zero-order valence-electron chi connectivity index (χ0n) is 15.8. The molecule has 2 amide bonds. The summed E-state index contributed by atoms with van der Waals surface area (Å²) in [6, 6.07) is 19.2. The summed E-state index contributed by atoms with van der Waals surface area (Å²) in [6.07, 6.45) is 4.81. The number of hydrogen-bond acceptors (Lipinski definition) is 3. The lowest BCUT2D eigenvalue weighted by Gasteiger charge is -2.09. The molecule has 0 radical (unpaired) electrons. The molecule has 0 bridgehead atoms. The second-order valence-electron chi connectivity index (χ2n) is 6.50. The molecule has 0 saturated carbocycles. The number of aliphatic carboxylic acids is 1. The van der Waals surface area contributed by atoms with Gasteiger partial charge in [-0.25, -0.2) is 14.6 Å². The van der Waals surface area contributed by atoms with E-state index in [2.05, 4.69) is 20.6 Å². The quantitative estimate of drug-likeness (QED) is 0.361. The van der Waals surface area contributed by atoms with E-state index in [-0.39, 0.29) is 5.57 Å². The molecule has 0 aliphatic heterocycles. The van der Waals surface area contributed by atoms with Crippen LogP contribution in [-0.2, 0) is 4.79 Å². The number of pyridine rings is 1. The first kappa shape index (κ1) is 18.9. The molecule has 0 aliphatic carbocycles. The highest BCUT2D eigenvalue weighted by molar-refractivity contribution is 6.22. The molecule has 0 fully saturated rings. The fourth-order valence-corrected chi connectivity index (χ4v) is 3.15. The molecule has 2 heterocycles. The maximum Gasteiger partial charge on any atom is 0.336 e. The first-order chi connectivity index (χ1) is 14.6. The van der Waals surface area contributed by atoms with Gasteiger partial charge < -0.3 is 20.7 Å². The Kier molecular flexibility index (Phi) is 5.25. The average Bonchev–Trinajstić information content (AvgIpc) is 3.17. The number of carbonyl (C=O) groups excluding carboxylic acids is 1. The average molecular weight is 398 g/mol. The summed E-state index contributed by atoms with van der Waals surface area (Å²) < 4.78 is 0. The standard InChI is InChI=1S/C23H18N4O3/c28-22(29)18(15-7-3-1-4-8-15)13-16-14-25-21-20(16)19(11-12-24-21)27-23(30)26-17-9-5-2-6-10-17/h1-14H,(H,28,29)(H3,24,25,26,27,30). The van der Waals surface area contributed by atoms with Crippen molar-refractivity contribution >= 4 is 46.1 Å². The predicted octanol–water partition coefficient (Wildman–Crippen LogP) is 4.83. The van der Waals surface area contributed by atoms with E-state index in [1.165, 1.54) is 0 Å². The van der Waals surface area contributed by atoms with Crippen molar-refractivity contribution in [3.8, 4) is 0 Å². The lowest BCUT2D eigenvalue weighted by atomic mass is 10.0. The smallest absolute Gasteiger partial charge is 0.336 e. The van der Waals surface area contributed by atoms with Gasteiger partial charge in [0, 0.05) is 29.0 Å². The molecule has 0 aliphatic rings. The number of urea groups is 1. The zero-order chi connectivity index (χ0) is 20.9. The van der Waals surface area contributed by atoms with Crippen LogP contribution in [-0.4, -0.2) is 27.1 Å². The van der Waals surface area contributed by atoms with Gasteiger partial charge in [-0.1, -0.05) is 48.5 Å². The van der Waals surface area contributed by atoms with Crippen molar-refractivity contribution in [2.75, 3.05) is 10.6 Å². The number of carbonyl (C=O) groups is 2. The predicted molar refractivity (Wildman–Crippen MR) is 117 cm³/mol. The van der Waals surface area contributed by atoms with Gasteiger partial charge in [-0.05, 0) is 29.8 Å². The Labute approximate surface area is 172 Å². The monoisotopic (exact) mass is 398 g/mol. The highest BCUT2D eigenvalue weighted by atomic mass is 16.4. The molecule has 4 N–H and O–H groups in total. The maximum atomic E-state index is 12.4. The topological polar surface area (TPSA) is 107 Å². The summed E-state index contributed by atoms with van der Waals surface area (Å²) in [5, 5.41) is 15.9. The number of para-hydroxylation sites is 1. The number of nitrogens with one attached hydrogen (secondary N) is 3. The van der Waals surface area contributed by atoms with Crippen LogP contribution in [0.15, 0.2) is 79.1 Å². The Morgan fingerprint density at radius 1 is 0.933 bits per heavy atom. The first-order valence-corrected chi connectivity index (χ1v) is 9.21. The Hall–Kier alpha value is -4.39. The van der Waals surface area contributed by atoms with E-state index in [0.717, 1.165) is 0 Å². The minimum absolute atomic E-state index is 0.139. The third-order valence-electron chi connectivity index (χ3n) is 4.50. The number of hydrogen-bond donors (Lipinski definition) is 4. The van der Waals surface area contributed by atoms with Crippen molar-refractivity contribution in [1.29, 1.82) is 0 Å². The van der Waals surface area contributed by atoms with E-state index >= 15 is 0 Å². The second-order valence-corrected chi connectivity index (χ2v) is 6.50. The molecule has 0 spiro atoms. The molecule has 0 unspecified atom stereocenters. The number of aromatic amines is 1. The van der Waals surface area contributed by atoms with Crippen molar-refractivity contribution in [3.63, 3.8) is 0 Å². The number of carboxylic acids is 1. The van der Waals surface area contributed by atoms with Crippen LogP contribution in [0.1, 0.15) is 11.1 Å². The van der Waals surface area contributed by atoms with Crippen LogP contribution in [0.3, 0.4) is 0 Å². The van der Waals surface area contributed by atoms with Gasteiger partial charge in [0.25, 0.3) is 0 Å². The van der Waals surface area contributed by atoms with E-state index < -0.39 is 12.0 Å². The van der Waals surface area contributed by atoms with Crippen LogP contribution in [0, 0.1) is 0 Å². The number of nitrogens with zero attached hydrogens (tertiary/aromatic N) is 1. The molecule has 0 atom stereocenters. The van der Waals surface area contributed by atoms with Crippen molar-refractivity contribution in [1.82, 2.24) is 9.97 Å². The Balaban J connectivity index is 1.70. The molecule has 7 nitrogen and oxygen atoms in total. The molecular weight excluding hydrogens is 380 g/mol. The van der Waals surface area contributed by atoms with Gasteiger partial charge >= 0.3 is 12.0 Å². The SMILES string of the molecule is O=C(Nc1ccccc1)Nc1ccnc2[nH]cc(C=C(C(=O)O)c3ccccc3)c12. The van der Waals surface area contributed by atoms with E-state index in [1.807, 2.05) is 24.3 Å². The van der Waals surface area contributed by atoms with Crippen LogP contribution < -0.4 is 10.6 Å². The number of aromatic nitrogens is 2. The van der Waals surface area contributed by atoms with E-state index in [1.54, 1.807) is 60.9 Å². The summed E-state index contributed by atoms with van der Waals surface area (Å²) in [7, 11) is 0. The number of benzene rings is 2. The summed E-state index contributed by atoms with van der Waals surface area (Å²) in [6.45, 7) is 0. The van der Waals surface area contributed by atoms with Crippen LogP contribution in [0.25, 0.3) is 22.7 Å². The highest BCUT2D eigenvalue weighted by Gasteiger charge is 2.15. The third-order valence-corrected chi connectivity index (χ3v) is 4.50. The van der Waals surface area contributed by atoms with Crippen molar-refractivity contribution in [2.45, 2.75) is 0 Å². The summed E-state index contributed by atoms with van der Waals surface area (Å²) >= 11 is 0. The minimum atomic E-state index is -1.05. The van der Waals surface area contributed by atoms with Gasteiger partial charge in [0.1, 0.15) is 5.65 Å². The number of rotatable bonds is 5. The lowest BCUT2D eigenvalue weighted by molar-refractivity contribution is -0.130. The fraction of sp³-hybridized carbons (Fsp3) is 0. The van der Waals surface area contributed by atoms with Gasteiger partial charge in [-0.15, -0.1) is 0 Å². The molecule has 30 heavy (non-hydrogen) atoms. The van der Waals surface area contributed by atoms with Crippen molar-refractivity contribution < 1.29 is 14.7 Å². The zero-order valence-corrected chi connectivity index (χ0v) is 15.8. The van der Waals surface area contributed by atoms with Crippen LogP contribution in [0.4, 0.5) is 16.2 Å². The van der Waals surface area contributed by atoms with Gasteiger partial charge in [0.05, 0.1) is 11.3 Å². The van der Waals surface area contributed by atoms with Gasteiger partial charge in [0.2, 0.25) is 0 Å². The second kappa shape index (κ2) is 8.32. The normalized spacial score (nSPS) is 11.3. The number of amides is 2. The fourth-order valence-electron chi connectivity index (χ4n) is 3.15. The molecule has 4 rings (SSSR count). The third kappa shape index (κ3) is 4.05. The Morgan fingerprint density at radius 3 is 2.33 bits per heavy atom. The van der Waals surface area contributed by atoms with Gasteiger partial charge in [-0.2, -0.15) is 0 Å². The molecule has 7 heteroatoms. The highest BCUT2D eigenvalue weighted by Crippen LogP contribution is 2.29. The summed E-state index contributed by atoms with van der Waals surface area (Å²) in [5.74, 6) is -1.05. The molecular formula is C23H18N4O3. The number of H-pyrrole nitrogens is 1. The van der Waals surface area contributed by atoms with Crippen LogP contribution in [0.2, 0.25) is 0 Å². The molecule has 2 aromatic carbocycles. The van der Waals surface area contributed by atoms with Crippen LogP contribution >= 0.6 is 0 Å². The molecule has 4 aromatic rings. The van der Waals surface area contributed by atoms with E-state index in [4.69, 9.17) is 0 Å². The molecule has 148 valence electrons. The van der Waals surface area contributed by atoms with Gasteiger partial charge in [0.15, 0.2) is 0 Å². The summed E-state index contributed by atoms with van der Waals surface area (Å²) in [5.41, 5.74) is 3.04. The van der Waals surface area contributed by atoms with E-state index in [9.17, 15) is 14.7 Å². The number of anilines is 2. The number of carboxylic acid groups (broad SMARTS) is 1. The van der Waals surface area contributed by atoms with Crippen molar-refractivity contribution in [2.24, 2.45) is 0 Å². The largest absolute Gasteiger partial charge is 0.478 e. The van der Waals surface area contributed by atoms with Gasteiger partial charge in [-0.3, -0.25) is 0 Å². The van der Waals surface area contributed by atoms with Crippen LogP contribution in [0.5, 0.6) is 0 Å².